The van der Waals surface area contributed by atoms with Crippen LogP contribution in [-0.4, -0.2) is 16.1 Å². The van der Waals surface area contributed by atoms with Gasteiger partial charge in [-0.2, -0.15) is 10.2 Å². The molecule has 0 aliphatic rings. The lowest BCUT2D eigenvalue weighted by atomic mass is 10.2. The second kappa shape index (κ2) is 4.56. The molecule has 2 aromatic rings. The standard InChI is InChI=1S/C11H9FN4O/c12-8-1-2-10(9(13)5-8)16-11(17)7-3-4-14-15-6-7/h1-6H,13H2,(H,16,17). The van der Waals surface area contributed by atoms with E-state index in [4.69, 9.17) is 5.73 Å². The summed E-state index contributed by atoms with van der Waals surface area (Å²) < 4.78 is 12.8. The van der Waals surface area contributed by atoms with Gasteiger partial charge in [-0.15, -0.1) is 0 Å². The van der Waals surface area contributed by atoms with Crippen LogP contribution in [0.3, 0.4) is 0 Å². The van der Waals surface area contributed by atoms with Crippen LogP contribution in [0.25, 0.3) is 0 Å². The van der Waals surface area contributed by atoms with Crippen molar-refractivity contribution in [3.8, 4) is 0 Å². The fourth-order valence-corrected chi connectivity index (χ4v) is 1.27. The molecular formula is C11H9FN4O. The van der Waals surface area contributed by atoms with Crippen molar-refractivity contribution in [1.29, 1.82) is 0 Å². The van der Waals surface area contributed by atoms with Crippen molar-refractivity contribution in [3.63, 3.8) is 0 Å². The zero-order valence-electron chi connectivity index (χ0n) is 8.72. The Morgan fingerprint density at radius 3 is 2.76 bits per heavy atom. The largest absolute Gasteiger partial charge is 0.397 e. The molecule has 3 N–H and O–H groups in total. The fraction of sp³-hybridized carbons (Fsp3) is 0. The van der Waals surface area contributed by atoms with E-state index in [9.17, 15) is 9.18 Å². The van der Waals surface area contributed by atoms with Crippen molar-refractivity contribution in [2.75, 3.05) is 11.1 Å². The van der Waals surface area contributed by atoms with Crippen LogP contribution >= 0.6 is 0 Å². The van der Waals surface area contributed by atoms with Crippen LogP contribution in [0, 0.1) is 5.82 Å². The minimum atomic E-state index is -0.453. The van der Waals surface area contributed by atoms with Gasteiger partial charge >= 0.3 is 0 Å². The number of benzene rings is 1. The Labute approximate surface area is 96.5 Å². The third kappa shape index (κ3) is 2.54. The molecule has 1 aromatic carbocycles. The highest BCUT2D eigenvalue weighted by Gasteiger charge is 2.08. The van der Waals surface area contributed by atoms with Crippen LogP contribution in [0.5, 0.6) is 0 Å². The summed E-state index contributed by atoms with van der Waals surface area (Å²) >= 11 is 0. The summed E-state index contributed by atoms with van der Waals surface area (Å²) in [5.74, 6) is -0.829. The zero-order chi connectivity index (χ0) is 12.3. The Morgan fingerprint density at radius 2 is 2.12 bits per heavy atom. The van der Waals surface area contributed by atoms with Crippen molar-refractivity contribution < 1.29 is 9.18 Å². The SMILES string of the molecule is Nc1cc(F)ccc1NC(=O)c1ccnnc1. The number of nitrogens with one attached hydrogen (secondary N) is 1. The molecule has 0 aliphatic carbocycles. The van der Waals surface area contributed by atoms with Gasteiger partial charge in [0, 0.05) is 0 Å². The van der Waals surface area contributed by atoms with Crippen LogP contribution in [0.1, 0.15) is 10.4 Å². The topological polar surface area (TPSA) is 80.9 Å². The molecule has 17 heavy (non-hydrogen) atoms. The number of amides is 1. The van der Waals surface area contributed by atoms with Gasteiger partial charge in [0.15, 0.2) is 0 Å². The van der Waals surface area contributed by atoms with Crippen molar-refractivity contribution in [1.82, 2.24) is 10.2 Å². The Bertz CT molecular complexity index is 544. The molecule has 1 amide bonds. The number of nitrogens with zero attached hydrogens (tertiary/aromatic N) is 2. The van der Waals surface area contributed by atoms with Gasteiger partial charge < -0.3 is 11.1 Å². The Hall–Kier alpha value is -2.50. The highest BCUT2D eigenvalue weighted by Crippen LogP contribution is 2.19. The zero-order valence-corrected chi connectivity index (χ0v) is 8.72. The van der Waals surface area contributed by atoms with Crippen molar-refractivity contribution in [3.05, 3.63) is 48.0 Å². The Balaban J connectivity index is 2.19. The van der Waals surface area contributed by atoms with Crippen LogP contribution in [-0.2, 0) is 0 Å². The van der Waals surface area contributed by atoms with E-state index in [-0.39, 0.29) is 11.6 Å². The van der Waals surface area contributed by atoms with Crippen LogP contribution in [0.2, 0.25) is 0 Å². The first-order chi connectivity index (χ1) is 8.16. The number of halogens is 1. The number of rotatable bonds is 2. The molecule has 0 aliphatic heterocycles. The van der Waals surface area contributed by atoms with E-state index in [1.807, 2.05) is 0 Å². The van der Waals surface area contributed by atoms with E-state index < -0.39 is 5.82 Å². The number of nitrogens with two attached hydrogens (primary N) is 1. The van der Waals surface area contributed by atoms with Gasteiger partial charge in [-0.05, 0) is 24.3 Å². The maximum absolute atomic E-state index is 12.8. The van der Waals surface area contributed by atoms with Crippen molar-refractivity contribution >= 4 is 17.3 Å². The predicted octanol–water partition coefficient (Wildman–Crippen LogP) is 1.45. The molecule has 5 nitrogen and oxygen atoms in total. The molecule has 0 fully saturated rings. The quantitative estimate of drug-likeness (QED) is 0.768. The van der Waals surface area contributed by atoms with Gasteiger partial charge in [0.1, 0.15) is 5.82 Å². The number of aromatic nitrogens is 2. The number of nitrogen functional groups attached to an aromatic ring is 1. The maximum atomic E-state index is 12.8. The number of hydrogen-bond donors (Lipinski definition) is 2. The van der Waals surface area contributed by atoms with E-state index in [2.05, 4.69) is 15.5 Å². The van der Waals surface area contributed by atoms with Crippen LogP contribution in [0.4, 0.5) is 15.8 Å². The average molecular weight is 232 g/mol. The molecule has 86 valence electrons. The second-order valence-corrected chi connectivity index (χ2v) is 3.32. The van der Waals surface area contributed by atoms with E-state index in [0.717, 1.165) is 6.07 Å². The maximum Gasteiger partial charge on any atom is 0.257 e. The normalized spacial score (nSPS) is 9.94. The van der Waals surface area contributed by atoms with Gasteiger partial charge in [-0.3, -0.25) is 4.79 Å². The highest BCUT2D eigenvalue weighted by atomic mass is 19.1. The fourth-order valence-electron chi connectivity index (χ4n) is 1.27. The summed E-state index contributed by atoms with van der Waals surface area (Å²) in [7, 11) is 0. The lowest BCUT2D eigenvalue weighted by Crippen LogP contribution is -2.13. The predicted molar refractivity (Wildman–Crippen MR) is 60.8 cm³/mol. The van der Waals surface area contributed by atoms with E-state index >= 15 is 0 Å². The second-order valence-electron chi connectivity index (χ2n) is 3.32. The lowest BCUT2D eigenvalue weighted by Gasteiger charge is -2.07. The Morgan fingerprint density at radius 1 is 1.29 bits per heavy atom. The summed E-state index contributed by atoms with van der Waals surface area (Å²) in [5, 5.41) is 9.70. The number of hydrogen-bond acceptors (Lipinski definition) is 4. The first kappa shape index (κ1) is 11.0. The third-order valence-electron chi connectivity index (χ3n) is 2.11. The van der Waals surface area contributed by atoms with Crippen molar-refractivity contribution in [2.45, 2.75) is 0 Å². The van der Waals surface area contributed by atoms with E-state index in [1.165, 1.54) is 30.6 Å². The van der Waals surface area contributed by atoms with Crippen LogP contribution < -0.4 is 11.1 Å². The molecule has 0 atom stereocenters. The molecule has 1 heterocycles. The molecule has 0 spiro atoms. The van der Waals surface area contributed by atoms with Gasteiger partial charge in [0.25, 0.3) is 5.91 Å². The van der Waals surface area contributed by atoms with E-state index in [0.29, 0.717) is 11.3 Å². The number of anilines is 2. The minimum absolute atomic E-state index is 0.167. The molecule has 0 radical (unpaired) electrons. The van der Waals surface area contributed by atoms with Crippen LogP contribution in [0.15, 0.2) is 36.7 Å². The summed E-state index contributed by atoms with van der Waals surface area (Å²) in [6.45, 7) is 0. The van der Waals surface area contributed by atoms with Crippen molar-refractivity contribution in [2.24, 2.45) is 0 Å². The molecule has 0 bridgehead atoms. The van der Waals surface area contributed by atoms with Gasteiger partial charge in [-0.1, -0.05) is 0 Å². The molecule has 0 saturated heterocycles. The molecule has 6 heteroatoms. The first-order valence-corrected chi connectivity index (χ1v) is 4.80. The van der Waals surface area contributed by atoms with Gasteiger partial charge in [0.2, 0.25) is 0 Å². The van der Waals surface area contributed by atoms with Gasteiger partial charge in [0.05, 0.1) is 29.3 Å². The smallest absolute Gasteiger partial charge is 0.257 e. The number of carbonyl (C=O) groups excluding carboxylic acids is 1. The first-order valence-electron chi connectivity index (χ1n) is 4.80. The Kier molecular flexibility index (Phi) is 2.95. The monoisotopic (exact) mass is 232 g/mol. The molecule has 0 unspecified atom stereocenters. The molecule has 0 saturated carbocycles. The summed E-state index contributed by atoms with van der Waals surface area (Å²) in [5.41, 5.74) is 6.44. The van der Waals surface area contributed by atoms with E-state index in [1.54, 1.807) is 0 Å². The lowest BCUT2D eigenvalue weighted by molar-refractivity contribution is 0.102. The third-order valence-corrected chi connectivity index (χ3v) is 2.11. The summed E-state index contributed by atoms with van der Waals surface area (Å²) in [6, 6.07) is 5.27. The highest BCUT2D eigenvalue weighted by molar-refractivity contribution is 6.05. The minimum Gasteiger partial charge on any atom is -0.397 e. The number of carbonyl (C=O) groups is 1. The van der Waals surface area contributed by atoms with Gasteiger partial charge in [-0.25, -0.2) is 4.39 Å². The summed E-state index contributed by atoms with van der Waals surface area (Å²) in [4.78, 5) is 11.7. The molecular weight excluding hydrogens is 223 g/mol. The summed E-state index contributed by atoms with van der Waals surface area (Å²) in [6.07, 6.45) is 2.73. The average Bonchev–Trinajstić information content (AvgIpc) is 2.34. The molecule has 2 rings (SSSR count). The molecule has 1 aromatic heterocycles.